The van der Waals surface area contributed by atoms with Gasteiger partial charge in [0.05, 0.1) is 25.0 Å². The zero-order chi connectivity index (χ0) is 15.2. The monoisotopic (exact) mass is 329 g/mol. The van der Waals surface area contributed by atoms with Crippen LogP contribution in [0.2, 0.25) is 0 Å². The Balaban J connectivity index is 2.33. The van der Waals surface area contributed by atoms with E-state index in [0.29, 0.717) is 10.5 Å². The van der Waals surface area contributed by atoms with Crippen molar-refractivity contribution in [2.24, 2.45) is 0 Å². The Hall–Kier alpha value is -0.330. The van der Waals surface area contributed by atoms with Crippen molar-refractivity contribution in [3.8, 4) is 5.75 Å². The van der Waals surface area contributed by atoms with Crippen LogP contribution in [0.4, 0.5) is 0 Å². The van der Waals surface area contributed by atoms with E-state index in [9.17, 15) is 0 Å². The average molecular weight is 330 g/mol. The van der Waals surface area contributed by atoms with Gasteiger partial charge >= 0.3 is 0 Å². The van der Waals surface area contributed by atoms with Crippen LogP contribution in [0.15, 0.2) is 6.20 Å². The molecule has 0 saturated carbocycles. The zero-order valence-corrected chi connectivity index (χ0v) is 15.1. The van der Waals surface area contributed by atoms with E-state index >= 15 is 0 Å². The molecule has 1 aromatic heterocycles. The van der Waals surface area contributed by atoms with Crippen molar-refractivity contribution in [3.63, 3.8) is 0 Å². The van der Waals surface area contributed by atoms with E-state index in [1.807, 2.05) is 6.20 Å². The van der Waals surface area contributed by atoms with Gasteiger partial charge in [0.1, 0.15) is 0 Å². The van der Waals surface area contributed by atoms with Crippen molar-refractivity contribution in [2.45, 2.75) is 49.8 Å². The van der Waals surface area contributed by atoms with E-state index in [1.165, 1.54) is 23.6 Å². The summed E-state index contributed by atoms with van der Waals surface area (Å²) in [5, 5.41) is 9.32. The lowest BCUT2D eigenvalue weighted by Gasteiger charge is -2.36. The molecule has 4 nitrogen and oxygen atoms in total. The first-order valence-electron chi connectivity index (χ1n) is 7.76. The summed E-state index contributed by atoms with van der Waals surface area (Å²) in [5.74, 6) is 3.41. The molecule has 1 saturated heterocycles. The Morgan fingerprint density at radius 1 is 1.43 bits per heavy atom. The number of aromatic nitrogens is 2. The Bertz CT molecular complexity index is 439. The third-order valence-electron chi connectivity index (χ3n) is 3.93. The zero-order valence-electron chi connectivity index (χ0n) is 13.5. The van der Waals surface area contributed by atoms with Crippen LogP contribution in [0.1, 0.15) is 38.4 Å². The molecule has 2 rings (SSSR count). The van der Waals surface area contributed by atoms with Gasteiger partial charge in [0.25, 0.3) is 0 Å². The molecule has 0 radical (unpaired) electrons. The first-order valence-corrected chi connectivity index (χ1v) is 9.86. The Kier molecular flexibility index (Phi) is 6.76. The topological polar surface area (TPSA) is 39.1 Å². The Labute approximate surface area is 136 Å². The van der Waals surface area contributed by atoms with E-state index < -0.39 is 0 Å². The van der Waals surface area contributed by atoms with Crippen molar-refractivity contribution in [1.29, 1.82) is 0 Å². The fraction of sp³-hybridized carbons (Fsp3) is 0.800. The number of methoxy groups -OCH3 is 1. The van der Waals surface area contributed by atoms with Crippen LogP contribution in [0, 0.1) is 0 Å². The second-order valence-electron chi connectivity index (χ2n) is 5.24. The number of thioether (sulfide) groups is 2. The van der Waals surface area contributed by atoms with Crippen LogP contribution in [-0.4, -0.2) is 45.9 Å². The summed E-state index contributed by atoms with van der Waals surface area (Å²) < 4.78 is 7.69. The minimum Gasteiger partial charge on any atom is -0.493 e. The largest absolute Gasteiger partial charge is 0.493 e. The van der Waals surface area contributed by atoms with Crippen molar-refractivity contribution in [3.05, 3.63) is 11.9 Å². The molecule has 3 atom stereocenters. The molecule has 1 aliphatic heterocycles. The normalized spacial score (nSPS) is 24.0. The summed E-state index contributed by atoms with van der Waals surface area (Å²) in [6.45, 7) is 5.43. The first-order chi connectivity index (χ1) is 10.3. The lowest BCUT2D eigenvalue weighted by atomic mass is 10.0. The molecule has 0 aromatic carbocycles. The molecule has 0 amide bonds. The van der Waals surface area contributed by atoms with E-state index in [0.717, 1.165) is 18.7 Å². The molecule has 1 N–H and O–H groups in total. The van der Waals surface area contributed by atoms with Gasteiger partial charge in [-0.15, -0.1) is 0 Å². The average Bonchev–Trinajstić information content (AvgIpc) is 2.92. The van der Waals surface area contributed by atoms with Crippen LogP contribution in [0.5, 0.6) is 5.75 Å². The molecule has 6 heteroatoms. The quantitative estimate of drug-likeness (QED) is 0.832. The van der Waals surface area contributed by atoms with E-state index in [4.69, 9.17) is 4.74 Å². The van der Waals surface area contributed by atoms with Gasteiger partial charge in [-0.05, 0) is 19.9 Å². The maximum absolute atomic E-state index is 5.58. The minimum atomic E-state index is 0.289. The van der Waals surface area contributed by atoms with Crippen LogP contribution in [0.3, 0.4) is 0 Å². The number of hydrogen-bond donors (Lipinski definition) is 1. The predicted octanol–water partition coefficient (Wildman–Crippen LogP) is 3.19. The molecule has 21 heavy (non-hydrogen) atoms. The van der Waals surface area contributed by atoms with Gasteiger partial charge in [-0.1, -0.05) is 13.8 Å². The second kappa shape index (κ2) is 8.34. The van der Waals surface area contributed by atoms with Crippen LogP contribution in [-0.2, 0) is 6.54 Å². The Morgan fingerprint density at radius 2 is 2.19 bits per heavy atom. The highest BCUT2D eigenvalue weighted by Crippen LogP contribution is 2.42. The van der Waals surface area contributed by atoms with E-state index in [1.54, 1.807) is 7.11 Å². The molecular weight excluding hydrogens is 302 g/mol. The summed E-state index contributed by atoms with van der Waals surface area (Å²) in [6, 6.07) is 0.289. The number of hydrogen-bond acceptors (Lipinski definition) is 5. The summed E-state index contributed by atoms with van der Waals surface area (Å²) in [5.41, 5.74) is 1.21. The summed E-state index contributed by atoms with van der Waals surface area (Å²) >= 11 is 4.21. The van der Waals surface area contributed by atoms with Gasteiger partial charge in [-0.2, -0.15) is 28.6 Å². The van der Waals surface area contributed by atoms with Gasteiger partial charge in [-0.3, -0.25) is 4.68 Å². The van der Waals surface area contributed by atoms with Crippen LogP contribution < -0.4 is 10.1 Å². The molecule has 120 valence electrons. The number of rotatable bonds is 7. The number of aryl methyl sites for hydroxylation is 1. The fourth-order valence-corrected chi connectivity index (χ4v) is 6.21. The molecule has 0 aliphatic carbocycles. The fourth-order valence-electron chi connectivity index (χ4n) is 2.94. The molecule has 2 heterocycles. The highest BCUT2D eigenvalue weighted by atomic mass is 32.2. The first kappa shape index (κ1) is 17.0. The van der Waals surface area contributed by atoms with Gasteiger partial charge in [-0.25, -0.2) is 0 Å². The van der Waals surface area contributed by atoms with Gasteiger partial charge in [0, 0.05) is 28.6 Å². The molecule has 1 fully saturated rings. The van der Waals surface area contributed by atoms with E-state index in [-0.39, 0.29) is 6.04 Å². The lowest BCUT2D eigenvalue weighted by molar-refractivity contribution is 0.390. The van der Waals surface area contributed by atoms with Gasteiger partial charge in [0.2, 0.25) is 0 Å². The number of nitrogens with one attached hydrogen (secondary N) is 1. The lowest BCUT2D eigenvalue weighted by Crippen LogP contribution is -2.38. The Morgan fingerprint density at radius 3 is 2.81 bits per heavy atom. The SMILES string of the molecule is CCCn1ncc(OC)c1C(NC)C1SCCSC1CC. The molecule has 0 spiro atoms. The highest BCUT2D eigenvalue weighted by molar-refractivity contribution is 8.07. The van der Waals surface area contributed by atoms with Crippen molar-refractivity contribution < 1.29 is 4.74 Å². The number of nitrogens with zero attached hydrogens (tertiary/aromatic N) is 2. The third-order valence-corrected chi connectivity index (χ3v) is 7.28. The van der Waals surface area contributed by atoms with Crippen LogP contribution in [0.25, 0.3) is 0 Å². The second-order valence-corrected chi connectivity index (χ2v) is 7.87. The maximum Gasteiger partial charge on any atom is 0.161 e. The predicted molar refractivity (Wildman–Crippen MR) is 93.7 cm³/mol. The third kappa shape index (κ3) is 3.71. The summed E-state index contributed by atoms with van der Waals surface area (Å²) in [7, 11) is 3.80. The maximum atomic E-state index is 5.58. The molecule has 1 aromatic rings. The smallest absolute Gasteiger partial charge is 0.161 e. The number of ether oxygens (including phenoxy) is 1. The van der Waals surface area contributed by atoms with Crippen molar-refractivity contribution in [2.75, 3.05) is 25.7 Å². The van der Waals surface area contributed by atoms with Crippen molar-refractivity contribution in [1.82, 2.24) is 15.1 Å². The van der Waals surface area contributed by atoms with Crippen molar-refractivity contribution >= 4 is 23.5 Å². The molecule has 3 unspecified atom stereocenters. The molecule has 0 bridgehead atoms. The van der Waals surface area contributed by atoms with E-state index in [2.05, 4.69) is 59.5 Å². The minimum absolute atomic E-state index is 0.289. The van der Waals surface area contributed by atoms with Gasteiger partial charge in [0.15, 0.2) is 5.75 Å². The molecular formula is C15H27N3OS2. The highest BCUT2D eigenvalue weighted by Gasteiger charge is 2.35. The van der Waals surface area contributed by atoms with Crippen LogP contribution >= 0.6 is 23.5 Å². The molecule has 1 aliphatic rings. The standard InChI is InChI=1S/C15H27N3OS2/c1-5-7-18-14(11(19-4)10-17-18)13(16-3)15-12(6-2)20-8-9-21-15/h10,12-13,15-16H,5-9H2,1-4H3. The summed E-state index contributed by atoms with van der Waals surface area (Å²) in [6.07, 6.45) is 4.15. The summed E-state index contributed by atoms with van der Waals surface area (Å²) in [4.78, 5) is 0. The van der Waals surface area contributed by atoms with Gasteiger partial charge < -0.3 is 10.1 Å².